The van der Waals surface area contributed by atoms with E-state index in [1.807, 2.05) is 0 Å². The van der Waals surface area contributed by atoms with Crippen LogP contribution in [0.5, 0.6) is 0 Å². The second-order valence-electron chi connectivity index (χ2n) is 8.44. The number of alkyl halides is 3. The predicted molar refractivity (Wildman–Crippen MR) is 113 cm³/mol. The lowest BCUT2D eigenvalue weighted by molar-refractivity contribution is -0.352. The molecule has 1 saturated heterocycles. The van der Waals surface area contributed by atoms with Crippen molar-refractivity contribution in [3.05, 3.63) is 52.8 Å². The lowest BCUT2D eigenvalue weighted by Crippen LogP contribution is -2.41. The third-order valence-corrected chi connectivity index (χ3v) is 6.21. The molecule has 1 aliphatic heterocycles. The van der Waals surface area contributed by atoms with Crippen molar-refractivity contribution in [1.29, 1.82) is 0 Å². The van der Waals surface area contributed by atoms with Gasteiger partial charge in [0, 0.05) is 16.3 Å². The number of pyridine rings is 1. The highest BCUT2D eigenvalue weighted by molar-refractivity contribution is 6.31. The Balaban J connectivity index is 1.12. The van der Waals surface area contributed by atoms with Crippen molar-refractivity contribution in [1.82, 2.24) is 20.5 Å². The number of nitrogens with zero attached hydrogens (tertiary/aromatic N) is 3. The number of amides is 1. The van der Waals surface area contributed by atoms with E-state index in [0.717, 1.165) is 5.39 Å². The first-order valence-corrected chi connectivity index (χ1v) is 11.2. The molecule has 12 heteroatoms. The average molecular weight is 497 g/mol. The lowest BCUT2D eigenvalue weighted by atomic mass is 9.82. The molecule has 2 aliphatic rings. The van der Waals surface area contributed by atoms with Crippen LogP contribution in [-0.2, 0) is 9.47 Å². The van der Waals surface area contributed by atoms with Gasteiger partial charge >= 0.3 is 6.36 Å². The Morgan fingerprint density at radius 1 is 1.12 bits per heavy atom. The Labute approximate surface area is 196 Å². The number of fused-ring (bicyclic) bond motifs is 1. The number of rotatable bonds is 5. The minimum absolute atomic E-state index is 0.177. The zero-order valence-corrected chi connectivity index (χ0v) is 18.5. The number of benzene rings is 1. The molecule has 0 unspecified atom stereocenters. The Bertz CT molecular complexity index is 1190. The molecule has 5 rings (SSSR count). The molecule has 1 saturated carbocycles. The van der Waals surface area contributed by atoms with Crippen LogP contribution in [0.2, 0.25) is 5.02 Å². The molecule has 8 nitrogen and oxygen atoms in total. The molecule has 1 amide bonds. The van der Waals surface area contributed by atoms with E-state index in [1.54, 1.807) is 30.3 Å². The van der Waals surface area contributed by atoms with Crippen molar-refractivity contribution < 1.29 is 31.9 Å². The highest BCUT2D eigenvalue weighted by atomic mass is 35.5. The van der Waals surface area contributed by atoms with Gasteiger partial charge in [0.2, 0.25) is 11.8 Å². The van der Waals surface area contributed by atoms with Gasteiger partial charge in [-0.15, -0.1) is 23.4 Å². The van der Waals surface area contributed by atoms with E-state index < -0.39 is 18.6 Å². The van der Waals surface area contributed by atoms with Crippen molar-refractivity contribution in [2.75, 3.05) is 6.61 Å². The summed E-state index contributed by atoms with van der Waals surface area (Å²) in [5.74, 6) is 0.0221. The molecule has 180 valence electrons. The Morgan fingerprint density at radius 2 is 1.91 bits per heavy atom. The van der Waals surface area contributed by atoms with Crippen LogP contribution in [0.25, 0.3) is 10.9 Å². The lowest BCUT2D eigenvalue weighted by Gasteiger charge is -2.33. The van der Waals surface area contributed by atoms with Crippen LogP contribution >= 0.6 is 11.6 Å². The second-order valence-corrected chi connectivity index (χ2v) is 8.87. The number of halogens is 4. The molecule has 1 aromatic carbocycles. The number of carbonyl (C=O) groups is 1. The maximum Gasteiger partial charge on any atom is 0.522 e. The van der Waals surface area contributed by atoms with Gasteiger partial charge in [0.25, 0.3) is 5.91 Å². The van der Waals surface area contributed by atoms with Gasteiger partial charge in [-0.2, -0.15) is 0 Å². The fraction of sp³-hybridized carbons (Fsp3) is 0.455. The Morgan fingerprint density at radius 3 is 2.65 bits per heavy atom. The van der Waals surface area contributed by atoms with Crippen LogP contribution in [0.3, 0.4) is 0 Å². The monoisotopic (exact) mass is 496 g/mol. The minimum Gasteiger partial charge on any atom is -0.422 e. The summed E-state index contributed by atoms with van der Waals surface area (Å²) >= 11 is 5.98. The normalized spacial score (nSPS) is 25.2. The van der Waals surface area contributed by atoms with Crippen molar-refractivity contribution >= 4 is 28.4 Å². The molecule has 2 aromatic heterocycles. The minimum atomic E-state index is -4.64. The standard InChI is InChI=1S/C22H20ClF3N4O4/c23-13-2-5-16-11(7-13)1-4-17(28-16)19(31)27-14-3-6-18(32-10-14)21-30-29-20(33-21)12-8-15(9-12)34-22(24,25)26/h1-2,4-5,7,12,14-15,18H,3,6,8-10H2,(H,27,31)/t12?,14-,15?,18+/m0/s1. The van der Waals surface area contributed by atoms with Crippen LogP contribution in [0.15, 0.2) is 34.7 Å². The smallest absolute Gasteiger partial charge is 0.422 e. The second kappa shape index (κ2) is 9.12. The summed E-state index contributed by atoms with van der Waals surface area (Å²) in [5, 5.41) is 12.3. The quantitative estimate of drug-likeness (QED) is 0.546. The van der Waals surface area contributed by atoms with Crippen molar-refractivity contribution in [3.63, 3.8) is 0 Å². The number of ether oxygens (including phenoxy) is 2. The van der Waals surface area contributed by atoms with E-state index in [4.69, 9.17) is 20.8 Å². The van der Waals surface area contributed by atoms with E-state index in [9.17, 15) is 18.0 Å². The summed E-state index contributed by atoms with van der Waals surface area (Å²) in [5.41, 5.74) is 0.971. The summed E-state index contributed by atoms with van der Waals surface area (Å²) in [6, 6.07) is 8.49. The largest absolute Gasteiger partial charge is 0.522 e. The van der Waals surface area contributed by atoms with Crippen LogP contribution in [0.4, 0.5) is 13.2 Å². The first-order valence-electron chi connectivity index (χ1n) is 10.8. The van der Waals surface area contributed by atoms with E-state index in [1.165, 1.54) is 0 Å². The van der Waals surface area contributed by atoms with Crippen molar-refractivity contribution in [2.24, 2.45) is 0 Å². The third-order valence-electron chi connectivity index (χ3n) is 5.97. The fourth-order valence-corrected chi connectivity index (χ4v) is 4.32. The SMILES string of the molecule is O=C(N[C@H]1CC[C@H](c2nnc(C3CC(OC(F)(F)F)C3)o2)OC1)c1ccc2cc(Cl)ccc2n1. The van der Waals surface area contributed by atoms with Crippen molar-refractivity contribution in [3.8, 4) is 0 Å². The van der Waals surface area contributed by atoms with Gasteiger partial charge < -0.3 is 14.5 Å². The summed E-state index contributed by atoms with van der Waals surface area (Å²) in [6.07, 6.45) is -4.43. The number of hydrogen-bond acceptors (Lipinski definition) is 7. The number of carbonyl (C=O) groups excluding carboxylic acids is 1. The first kappa shape index (κ1) is 23.0. The first-order chi connectivity index (χ1) is 16.2. The van der Waals surface area contributed by atoms with Gasteiger partial charge in [-0.25, -0.2) is 4.98 Å². The van der Waals surface area contributed by atoms with E-state index in [2.05, 4.69) is 25.2 Å². The molecule has 2 atom stereocenters. The van der Waals surface area contributed by atoms with Crippen LogP contribution in [-0.4, -0.2) is 46.2 Å². The maximum atomic E-state index is 12.6. The fourth-order valence-electron chi connectivity index (χ4n) is 4.14. The Kier molecular flexibility index (Phi) is 6.17. The van der Waals surface area contributed by atoms with Gasteiger partial charge in [0.1, 0.15) is 11.8 Å². The molecule has 2 fully saturated rings. The van der Waals surface area contributed by atoms with Gasteiger partial charge in [0.15, 0.2) is 0 Å². The zero-order chi connectivity index (χ0) is 23.9. The summed E-state index contributed by atoms with van der Waals surface area (Å²) in [6.45, 7) is 0.252. The molecule has 0 spiro atoms. The van der Waals surface area contributed by atoms with Crippen LogP contribution in [0.1, 0.15) is 60.0 Å². The van der Waals surface area contributed by atoms with Gasteiger partial charge in [-0.1, -0.05) is 17.7 Å². The highest BCUT2D eigenvalue weighted by Gasteiger charge is 2.42. The maximum absolute atomic E-state index is 12.6. The third kappa shape index (κ3) is 5.16. The Hall–Kier alpha value is -2.76. The topological polar surface area (TPSA) is 99.4 Å². The molecule has 3 aromatic rings. The van der Waals surface area contributed by atoms with E-state index in [-0.39, 0.29) is 43.2 Å². The van der Waals surface area contributed by atoms with Crippen molar-refractivity contribution in [2.45, 2.75) is 56.2 Å². The molecule has 0 bridgehead atoms. The number of aromatic nitrogens is 3. The number of hydrogen-bond donors (Lipinski definition) is 1. The molecule has 3 heterocycles. The van der Waals surface area contributed by atoms with Gasteiger partial charge in [0.05, 0.1) is 24.3 Å². The molecular formula is C22H20ClF3N4O4. The summed E-state index contributed by atoms with van der Waals surface area (Å²) < 4.78 is 52.2. The average Bonchev–Trinajstić information content (AvgIpc) is 3.25. The molecule has 1 aliphatic carbocycles. The highest BCUT2D eigenvalue weighted by Crippen LogP contribution is 2.41. The van der Waals surface area contributed by atoms with Crippen LogP contribution in [0, 0.1) is 0 Å². The van der Waals surface area contributed by atoms with E-state index in [0.29, 0.717) is 35.0 Å². The summed E-state index contributed by atoms with van der Waals surface area (Å²) in [4.78, 5) is 17.0. The number of nitrogens with one attached hydrogen (secondary N) is 1. The van der Waals surface area contributed by atoms with Gasteiger partial charge in [-0.05, 0) is 49.9 Å². The summed E-state index contributed by atoms with van der Waals surface area (Å²) in [7, 11) is 0. The molecule has 1 N–H and O–H groups in total. The van der Waals surface area contributed by atoms with Gasteiger partial charge in [-0.3, -0.25) is 9.53 Å². The van der Waals surface area contributed by atoms with E-state index >= 15 is 0 Å². The molecule has 34 heavy (non-hydrogen) atoms. The molecule has 0 radical (unpaired) electrons. The van der Waals surface area contributed by atoms with Crippen LogP contribution < -0.4 is 5.32 Å². The molecular weight excluding hydrogens is 477 g/mol. The zero-order valence-electron chi connectivity index (χ0n) is 17.7. The predicted octanol–water partition coefficient (Wildman–Crippen LogP) is 4.70.